The van der Waals surface area contributed by atoms with Crippen molar-refractivity contribution in [2.75, 3.05) is 4.90 Å². The Morgan fingerprint density at radius 3 is 2.28 bits per heavy atom. The van der Waals surface area contributed by atoms with E-state index in [1.54, 1.807) is 18.2 Å². The van der Waals surface area contributed by atoms with E-state index in [2.05, 4.69) is 12.1 Å². The van der Waals surface area contributed by atoms with Crippen LogP contribution in [0.5, 0.6) is 0 Å². The lowest BCUT2D eigenvalue weighted by Gasteiger charge is -2.28. The molecule has 25 heavy (non-hydrogen) atoms. The molecule has 5 heteroatoms. The molecule has 1 saturated carbocycles. The van der Waals surface area contributed by atoms with E-state index in [1.165, 1.54) is 10.5 Å². The summed E-state index contributed by atoms with van der Waals surface area (Å²) in [6.45, 7) is 0. The van der Waals surface area contributed by atoms with Gasteiger partial charge in [0.15, 0.2) is 0 Å². The number of anilines is 1. The van der Waals surface area contributed by atoms with E-state index in [-0.39, 0.29) is 23.7 Å². The van der Waals surface area contributed by atoms with Crippen LogP contribution in [0.3, 0.4) is 0 Å². The van der Waals surface area contributed by atoms with Gasteiger partial charge in [0.05, 0.1) is 27.6 Å². The van der Waals surface area contributed by atoms with Gasteiger partial charge < -0.3 is 0 Å². The molecule has 0 bridgehead atoms. The minimum atomic E-state index is -0.249. The van der Waals surface area contributed by atoms with E-state index in [1.807, 2.05) is 18.2 Å². The second-order valence-electron chi connectivity index (χ2n) is 6.74. The summed E-state index contributed by atoms with van der Waals surface area (Å²) >= 11 is 12.0. The van der Waals surface area contributed by atoms with Gasteiger partial charge in [-0.15, -0.1) is 0 Å². The number of fused-ring (bicyclic) bond motifs is 1. The van der Waals surface area contributed by atoms with Crippen LogP contribution in [-0.4, -0.2) is 11.8 Å². The van der Waals surface area contributed by atoms with Crippen molar-refractivity contribution in [3.8, 4) is 0 Å². The van der Waals surface area contributed by atoms with Crippen LogP contribution in [-0.2, 0) is 9.59 Å². The topological polar surface area (TPSA) is 37.4 Å². The highest BCUT2D eigenvalue weighted by molar-refractivity contribution is 6.42. The van der Waals surface area contributed by atoms with Crippen LogP contribution in [0.25, 0.3) is 0 Å². The molecule has 2 amide bonds. The minimum absolute atomic E-state index is 0.111. The molecule has 2 aliphatic rings. The van der Waals surface area contributed by atoms with Gasteiger partial charge in [-0.05, 0) is 48.9 Å². The van der Waals surface area contributed by atoms with Crippen LogP contribution in [0.15, 0.2) is 48.5 Å². The molecule has 0 N–H and O–H groups in total. The van der Waals surface area contributed by atoms with Gasteiger partial charge in [-0.1, -0.05) is 53.5 Å². The number of hydrogen-bond donors (Lipinski definition) is 0. The van der Waals surface area contributed by atoms with Crippen molar-refractivity contribution in [1.29, 1.82) is 0 Å². The molecule has 0 spiro atoms. The first-order valence-electron chi connectivity index (χ1n) is 8.44. The fourth-order valence-electron chi connectivity index (χ4n) is 4.09. The maximum atomic E-state index is 13.0. The summed E-state index contributed by atoms with van der Waals surface area (Å²) in [5.74, 6) is -0.371. The van der Waals surface area contributed by atoms with Crippen molar-refractivity contribution in [2.24, 2.45) is 11.8 Å². The van der Waals surface area contributed by atoms with Gasteiger partial charge in [0.1, 0.15) is 0 Å². The van der Waals surface area contributed by atoms with Crippen LogP contribution in [0.1, 0.15) is 30.7 Å². The van der Waals surface area contributed by atoms with Gasteiger partial charge in [0.25, 0.3) is 0 Å². The number of imide groups is 1. The molecule has 0 aromatic heterocycles. The molecule has 128 valence electrons. The molecule has 2 aromatic carbocycles. The molecule has 1 aliphatic heterocycles. The summed E-state index contributed by atoms with van der Waals surface area (Å²) in [6, 6.07) is 15.1. The number of carbonyl (C=O) groups excluding carboxylic acids is 2. The number of rotatable bonds is 2. The van der Waals surface area contributed by atoms with Crippen LogP contribution in [0, 0.1) is 11.8 Å². The maximum absolute atomic E-state index is 13.0. The SMILES string of the molecule is O=C1[C@H]2CC[C@H](c3ccccc3)C[C@@H]2C(=O)N1c1ccc(Cl)c(Cl)c1. The van der Waals surface area contributed by atoms with Crippen molar-refractivity contribution in [3.63, 3.8) is 0 Å². The molecule has 4 rings (SSSR count). The Hall–Kier alpha value is -1.84. The largest absolute Gasteiger partial charge is 0.274 e. The summed E-state index contributed by atoms with van der Waals surface area (Å²) in [7, 11) is 0. The molecule has 0 unspecified atom stereocenters. The molecule has 1 heterocycles. The molecule has 2 aromatic rings. The Bertz CT molecular complexity index is 837. The van der Waals surface area contributed by atoms with Gasteiger partial charge in [0, 0.05) is 0 Å². The lowest BCUT2D eigenvalue weighted by atomic mass is 9.73. The molecule has 1 saturated heterocycles. The fraction of sp³-hybridized carbons (Fsp3) is 0.300. The first kappa shape index (κ1) is 16.6. The number of nitrogens with zero attached hydrogens (tertiary/aromatic N) is 1. The van der Waals surface area contributed by atoms with E-state index >= 15 is 0 Å². The zero-order chi connectivity index (χ0) is 17.6. The smallest absolute Gasteiger partial charge is 0.237 e. The third-order valence-electron chi connectivity index (χ3n) is 5.36. The predicted molar refractivity (Wildman–Crippen MR) is 99.0 cm³/mol. The number of benzene rings is 2. The summed E-state index contributed by atoms with van der Waals surface area (Å²) in [4.78, 5) is 27.1. The molecule has 3 nitrogen and oxygen atoms in total. The standard InChI is InChI=1S/C20H17Cl2NO2/c21-17-9-7-14(11-18(17)22)23-19(24)15-8-6-13(10-16(15)20(23)25)12-4-2-1-3-5-12/h1-5,7,9,11,13,15-16H,6,8,10H2/t13-,15-,16-/m0/s1. The summed E-state index contributed by atoms with van der Waals surface area (Å²) in [5.41, 5.74) is 1.75. The number of hydrogen-bond acceptors (Lipinski definition) is 2. The molecule has 3 atom stereocenters. The van der Waals surface area contributed by atoms with Crippen molar-refractivity contribution < 1.29 is 9.59 Å². The average Bonchev–Trinajstić information content (AvgIpc) is 2.89. The Balaban J connectivity index is 1.61. The van der Waals surface area contributed by atoms with Crippen LogP contribution >= 0.6 is 23.2 Å². The molecular weight excluding hydrogens is 357 g/mol. The third kappa shape index (κ3) is 2.86. The Labute approximate surface area is 156 Å². The Morgan fingerprint density at radius 1 is 0.840 bits per heavy atom. The monoisotopic (exact) mass is 373 g/mol. The first-order chi connectivity index (χ1) is 12.1. The van der Waals surface area contributed by atoms with Gasteiger partial charge in [-0.2, -0.15) is 0 Å². The highest BCUT2D eigenvalue weighted by atomic mass is 35.5. The summed E-state index contributed by atoms with van der Waals surface area (Å²) in [5, 5.41) is 0.753. The quantitative estimate of drug-likeness (QED) is 0.689. The third-order valence-corrected chi connectivity index (χ3v) is 6.10. The zero-order valence-corrected chi connectivity index (χ0v) is 15.0. The number of amides is 2. The molecule has 0 radical (unpaired) electrons. The normalized spacial score (nSPS) is 26.0. The van der Waals surface area contributed by atoms with Gasteiger partial charge >= 0.3 is 0 Å². The first-order valence-corrected chi connectivity index (χ1v) is 9.19. The van der Waals surface area contributed by atoms with Crippen molar-refractivity contribution in [2.45, 2.75) is 25.2 Å². The van der Waals surface area contributed by atoms with Crippen molar-refractivity contribution >= 4 is 40.7 Å². The number of carbonyl (C=O) groups is 2. The predicted octanol–water partition coefficient (Wildman–Crippen LogP) is 5.07. The van der Waals surface area contributed by atoms with E-state index in [4.69, 9.17) is 23.2 Å². The summed E-state index contributed by atoms with van der Waals surface area (Å²) in [6.07, 6.45) is 2.39. The van der Waals surface area contributed by atoms with E-state index in [0.29, 0.717) is 21.7 Å². The van der Waals surface area contributed by atoms with Crippen LogP contribution in [0.2, 0.25) is 10.0 Å². The second kappa shape index (κ2) is 6.47. The van der Waals surface area contributed by atoms with Crippen LogP contribution in [0.4, 0.5) is 5.69 Å². The molecular formula is C20H17Cl2NO2. The fourth-order valence-corrected chi connectivity index (χ4v) is 4.38. The molecule has 2 fully saturated rings. The minimum Gasteiger partial charge on any atom is -0.274 e. The Morgan fingerprint density at radius 2 is 1.56 bits per heavy atom. The van der Waals surface area contributed by atoms with E-state index in [0.717, 1.165) is 19.3 Å². The highest BCUT2D eigenvalue weighted by Gasteiger charge is 2.50. The summed E-state index contributed by atoms with van der Waals surface area (Å²) < 4.78 is 0. The number of halogens is 2. The average molecular weight is 374 g/mol. The highest BCUT2D eigenvalue weighted by Crippen LogP contribution is 2.46. The van der Waals surface area contributed by atoms with Crippen molar-refractivity contribution in [3.05, 3.63) is 64.1 Å². The lowest BCUT2D eigenvalue weighted by molar-refractivity contribution is -0.122. The van der Waals surface area contributed by atoms with Crippen LogP contribution < -0.4 is 4.90 Å². The lowest BCUT2D eigenvalue weighted by Crippen LogP contribution is -2.30. The van der Waals surface area contributed by atoms with Gasteiger partial charge in [0.2, 0.25) is 11.8 Å². The van der Waals surface area contributed by atoms with E-state index < -0.39 is 0 Å². The van der Waals surface area contributed by atoms with Gasteiger partial charge in [-0.25, -0.2) is 0 Å². The maximum Gasteiger partial charge on any atom is 0.237 e. The van der Waals surface area contributed by atoms with E-state index in [9.17, 15) is 9.59 Å². The van der Waals surface area contributed by atoms with Crippen molar-refractivity contribution in [1.82, 2.24) is 0 Å². The van der Waals surface area contributed by atoms with Gasteiger partial charge in [-0.3, -0.25) is 14.5 Å². The zero-order valence-electron chi connectivity index (χ0n) is 13.5. The second-order valence-corrected chi connectivity index (χ2v) is 7.56. The Kier molecular flexibility index (Phi) is 4.30. The molecule has 1 aliphatic carbocycles.